The van der Waals surface area contributed by atoms with Gasteiger partial charge >= 0.3 is 5.97 Å². The fraction of sp³-hybridized carbons (Fsp3) is 0.208. The van der Waals surface area contributed by atoms with Crippen LogP contribution < -0.4 is 0 Å². The number of esters is 1. The standard InChI is InChI=1S/C24H19ClF4O2/c1-13(2)18(15-8-10-16(25)11-9-15)24(30)31-12-17-20(26)19(14-6-4-3-5-7-14)22(28)23(29)21(17)27/h3-11,13,18H,12H2,1-2H3. The largest absolute Gasteiger partial charge is 0.460 e. The molecule has 1 unspecified atom stereocenters. The van der Waals surface area contributed by atoms with E-state index < -0.39 is 52.9 Å². The molecule has 0 aliphatic rings. The van der Waals surface area contributed by atoms with Crippen LogP contribution in [0.2, 0.25) is 5.02 Å². The Kier molecular flexibility index (Phi) is 7.01. The van der Waals surface area contributed by atoms with Crippen LogP contribution in [-0.2, 0) is 16.1 Å². The molecule has 3 aromatic rings. The molecule has 0 fully saturated rings. The molecular weight excluding hydrogens is 432 g/mol. The molecule has 0 N–H and O–H groups in total. The molecule has 0 aliphatic carbocycles. The maximum absolute atomic E-state index is 15.0. The minimum Gasteiger partial charge on any atom is -0.460 e. The second-order valence-corrected chi connectivity index (χ2v) is 7.79. The van der Waals surface area contributed by atoms with E-state index in [0.29, 0.717) is 10.6 Å². The number of halogens is 5. The highest BCUT2D eigenvalue weighted by Crippen LogP contribution is 2.33. The van der Waals surface area contributed by atoms with Gasteiger partial charge in [0.2, 0.25) is 0 Å². The highest BCUT2D eigenvalue weighted by Gasteiger charge is 2.29. The van der Waals surface area contributed by atoms with Crippen molar-refractivity contribution in [1.29, 1.82) is 0 Å². The molecule has 3 aromatic carbocycles. The Hall–Kier alpha value is -2.86. The van der Waals surface area contributed by atoms with Crippen molar-refractivity contribution in [3.8, 4) is 11.1 Å². The van der Waals surface area contributed by atoms with E-state index in [1.807, 2.05) is 0 Å². The Morgan fingerprint density at radius 1 is 0.871 bits per heavy atom. The van der Waals surface area contributed by atoms with Crippen LogP contribution in [-0.4, -0.2) is 5.97 Å². The molecule has 0 radical (unpaired) electrons. The van der Waals surface area contributed by atoms with Gasteiger partial charge in [-0.1, -0.05) is 67.9 Å². The second-order valence-electron chi connectivity index (χ2n) is 7.36. The minimum absolute atomic E-state index is 0.0326. The van der Waals surface area contributed by atoms with E-state index >= 15 is 0 Å². The fourth-order valence-corrected chi connectivity index (χ4v) is 3.49. The van der Waals surface area contributed by atoms with E-state index in [9.17, 15) is 22.4 Å². The number of carbonyl (C=O) groups excluding carboxylic acids is 1. The molecule has 0 spiro atoms. The zero-order valence-electron chi connectivity index (χ0n) is 16.8. The van der Waals surface area contributed by atoms with Crippen LogP contribution >= 0.6 is 11.6 Å². The van der Waals surface area contributed by atoms with E-state index in [4.69, 9.17) is 16.3 Å². The van der Waals surface area contributed by atoms with Gasteiger partial charge in [0.05, 0.1) is 17.0 Å². The molecule has 0 heterocycles. The summed E-state index contributed by atoms with van der Waals surface area (Å²) in [6.07, 6.45) is 0. The summed E-state index contributed by atoms with van der Waals surface area (Å²) in [5.41, 5.74) is -0.931. The Labute approximate surface area is 182 Å². The van der Waals surface area contributed by atoms with Gasteiger partial charge in [0.25, 0.3) is 0 Å². The monoisotopic (exact) mass is 450 g/mol. The molecule has 0 amide bonds. The second kappa shape index (κ2) is 9.52. The Bertz CT molecular complexity index is 1080. The lowest BCUT2D eigenvalue weighted by Gasteiger charge is -2.20. The number of benzene rings is 3. The Morgan fingerprint density at radius 3 is 2.06 bits per heavy atom. The quantitative estimate of drug-likeness (QED) is 0.174. The highest BCUT2D eigenvalue weighted by molar-refractivity contribution is 6.30. The molecule has 0 saturated carbocycles. The number of carbonyl (C=O) groups is 1. The van der Waals surface area contributed by atoms with Gasteiger partial charge in [-0.05, 0) is 29.2 Å². The van der Waals surface area contributed by atoms with Gasteiger partial charge in [-0.15, -0.1) is 0 Å². The first kappa shape index (κ1) is 22.8. The third-order valence-corrected chi connectivity index (χ3v) is 5.18. The number of hydrogen-bond acceptors (Lipinski definition) is 2. The summed E-state index contributed by atoms with van der Waals surface area (Å²) in [4.78, 5) is 12.7. The average molecular weight is 451 g/mol. The van der Waals surface area contributed by atoms with Gasteiger partial charge < -0.3 is 4.74 Å². The van der Waals surface area contributed by atoms with Gasteiger partial charge in [0.1, 0.15) is 12.4 Å². The number of rotatable bonds is 6. The van der Waals surface area contributed by atoms with Crippen molar-refractivity contribution < 1.29 is 27.1 Å². The minimum atomic E-state index is -1.83. The molecule has 0 bridgehead atoms. The SMILES string of the molecule is CC(C)C(C(=O)OCc1c(F)c(F)c(F)c(-c2ccccc2)c1F)c1ccc(Cl)cc1. The third-order valence-electron chi connectivity index (χ3n) is 4.93. The number of hydrogen-bond donors (Lipinski definition) is 0. The summed E-state index contributed by atoms with van der Waals surface area (Å²) in [7, 11) is 0. The van der Waals surface area contributed by atoms with E-state index in [0.717, 1.165) is 0 Å². The first-order valence-corrected chi connectivity index (χ1v) is 9.92. The molecule has 2 nitrogen and oxygen atoms in total. The van der Waals surface area contributed by atoms with Crippen molar-refractivity contribution in [3.63, 3.8) is 0 Å². The van der Waals surface area contributed by atoms with Crippen LogP contribution in [0.15, 0.2) is 54.6 Å². The summed E-state index contributed by atoms with van der Waals surface area (Å²) in [5, 5.41) is 0.485. The van der Waals surface area contributed by atoms with Gasteiger partial charge in [-0.2, -0.15) is 0 Å². The first-order valence-electron chi connectivity index (χ1n) is 9.54. The zero-order valence-corrected chi connectivity index (χ0v) is 17.5. The predicted octanol–water partition coefficient (Wildman–Crippen LogP) is 7.05. The Balaban J connectivity index is 1.93. The van der Waals surface area contributed by atoms with Crippen LogP contribution in [0.5, 0.6) is 0 Å². The van der Waals surface area contributed by atoms with Crippen molar-refractivity contribution >= 4 is 17.6 Å². The summed E-state index contributed by atoms with van der Waals surface area (Å²) in [5.74, 6) is -8.20. The lowest BCUT2D eigenvalue weighted by molar-refractivity contribution is -0.148. The highest BCUT2D eigenvalue weighted by atomic mass is 35.5. The molecule has 3 rings (SSSR count). The molecule has 0 saturated heterocycles. The zero-order chi connectivity index (χ0) is 22.7. The van der Waals surface area contributed by atoms with Crippen molar-refractivity contribution in [2.24, 2.45) is 5.92 Å². The smallest absolute Gasteiger partial charge is 0.314 e. The third kappa shape index (κ3) is 4.74. The van der Waals surface area contributed by atoms with E-state index in [1.54, 1.807) is 44.2 Å². The molecule has 0 aromatic heterocycles. The lowest BCUT2D eigenvalue weighted by atomic mass is 9.88. The van der Waals surface area contributed by atoms with Crippen LogP contribution in [0, 0.1) is 29.2 Å². The maximum atomic E-state index is 15.0. The first-order chi connectivity index (χ1) is 14.7. The van der Waals surface area contributed by atoms with Crippen LogP contribution in [0.1, 0.15) is 30.9 Å². The van der Waals surface area contributed by atoms with Crippen LogP contribution in [0.4, 0.5) is 17.6 Å². The lowest BCUT2D eigenvalue weighted by Crippen LogP contribution is -2.21. The number of ether oxygens (including phenoxy) is 1. The summed E-state index contributed by atoms with van der Waals surface area (Å²) in [6.45, 7) is 2.68. The predicted molar refractivity (Wildman–Crippen MR) is 111 cm³/mol. The maximum Gasteiger partial charge on any atom is 0.314 e. The van der Waals surface area contributed by atoms with Gasteiger partial charge in [-0.3, -0.25) is 4.79 Å². The molecule has 31 heavy (non-hydrogen) atoms. The molecule has 1 atom stereocenters. The molecule has 0 aliphatic heterocycles. The van der Waals surface area contributed by atoms with Crippen molar-refractivity contribution in [2.75, 3.05) is 0 Å². The summed E-state index contributed by atoms with van der Waals surface area (Å²) in [6, 6.07) is 13.9. The normalized spacial score (nSPS) is 12.1. The molecule has 162 valence electrons. The van der Waals surface area contributed by atoms with E-state index in [-0.39, 0.29) is 11.5 Å². The molecule has 7 heteroatoms. The topological polar surface area (TPSA) is 26.3 Å². The van der Waals surface area contributed by atoms with Crippen molar-refractivity contribution in [2.45, 2.75) is 26.4 Å². The Morgan fingerprint density at radius 2 is 1.48 bits per heavy atom. The van der Waals surface area contributed by atoms with Gasteiger partial charge in [0.15, 0.2) is 17.5 Å². The van der Waals surface area contributed by atoms with Crippen molar-refractivity contribution in [1.82, 2.24) is 0 Å². The van der Waals surface area contributed by atoms with Gasteiger partial charge in [-0.25, -0.2) is 17.6 Å². The van der Waals surface area contributed by atoms with E-state index in [2.05, 4.69) is 0 Å². The fourth-order valence-electron chi connectivity index (χ4n) is 3.36. The van der Waals surface area contributed by atoms with Crippen LogP contribution in [0.25, 0.3) is 11.1 Å². The molecular formula is C24H19ClF4O2. The van der Waals surface area contributed by atoms with Gasteiger partial charge in [0, 0.05) is 5.02 Å². The average Bonchev–Trinajstić information content (AvgIpc) is 2.74. The van der Waals surface area contributed by atoms with Crippen LogP contribution in [0.3, 0.4) is 0 Å². The summed E-state index contributed by atoms with van der Waals surface area (Å²) >= 11 is 5.88. The van der Waals surface area contributed by atoms with Crippen molar-refractivity contribution in [3.05, 3.63) is 94.0 Å². The van der Waals surface area contributed by atoms with E-state index in [1.165, 1.54) is 24.3 Å². The summed E-state index contributed by atoms with van der Waals surface area (Å²) < 4.78 is 62.9.